The average Bonchev–Trinajstić information content (AvgIpc) is 2.15. The molecule has 0 aliphatic heterocycles. The van der Waals surface area contributed by atoms with Gasteiger partial charge < -0.3 is 15.2 Å². The summed E-state index contributed by atoms with van der Waals surface area (Å²) in [5.74, 6) is -2.82. The van der Waals surface area contributed by atoms with Crippen molar-refractivity contribution in [1.82, 2.24) is 5.32 Å². The van der Waals surface area contributed by atoms with E-state index < -0.39 is 35.7 Å². The molecule has 0 aromatic heterocycles. The minimum absolute atomic E-state index is 0.211. The maximum absolute atomic E-state index is 11.6. The van der Waals surface area contributed by atoms with Crippen LogP contribution in [0, 0.1) is 5.92 Å². The zero-order valence-electron chi connectivity index (χ0n) is 11.3. The minimum atomic E-state index is -0.973. The molecule has 2 N–H and O–H groups in total. The van der Waals surface area contributed by atoms with E-state index in [1.54, 1.807) is 27.7 Å². The van der Waals surface area contributed by atoms with Crippen molar-refractivity contribution in [1.29, 1.82) is 0 Å². The molecule has 0 aliphatic carbocycles. The number of hydrogen-bond donors (Lipinski definition) is 2. The molecular formula is C12H21NO5. The first-order valence-corrected chi connectivity index (χ1v) is 5.94. The van der Waals surface area contributed by atoms with Crippen molar-refractivity contribution in [3.63, 3.8) is 0 Å². The highest BCUT2D eigenvalue weighted by molar-refractivity contribution is 5.94. The third kappa shape index (κ3) is 5.16. The van der Waals surface area contributed by atoms with Crippen LogP contribution in [0.1, 0.15) is 40.5 Å². The molecule has 6 heteroatoms. The summed E-state index contributed by atoms with van der Waals surface area (Å²) in [7, 11) is 0. The average molecular weight is 259 g/mol. The van der Waals surface area contributed by atoms with Gasteiger partial charge in [0.05, 0.1) is 12.5 Å². The fraction of sp³-hybridized carbons (Fsp3) is 0.750. The Kier molecular flexibility index (Phi) is 6.36. The van der Waals surface area contributed by atoms with Gasteiger partial charge in [0.25, 0.3) is 0 Å². The fourth-order valence-corrected chi connectivity index (χ4v) is 1.83. The number of carbonyl (C=O) groups excluding carboxylic acids is 2. The molecule has 1 amide bonds. The summed E-state index contributed by atoms with van der Waals surface area (Å²) in [6.07, 6.45) is -0.00462. The van der Waals surface area contributed by atoms with Crippen molar-refractivity contribution in [2.24, 2.45) is 5.92 Å². The topological polar surface area (TPSA) is 92.7 Å². The van der Waals surface area contributed by atoms with Crippen LogP contribution in [-0.2, 0) is 19.1 Å². The summed E-state index contributed by atoms with van der Waals surface area (Å²) in [6, 6.07) is 0. The van der Waals surface area contributed by atoms with Gasteiger partial charge in [-0.1, -0.05) is 6.92 Å². The monoisotopic (exact) mass is 259 g/mol. The van der Waals surface area contributed by atoms with Gasteiger partial charge in [-0.3, -0.25) is 14.4 Å². The van der Waals surface area contributed by atoms with E-state index in [0.717, 1.165) is 0 Å². The Labute approximate surface area is 107 Å². The lowest BCUT2D eigenvalue weighted by Crippen LogP contribution is -2.52. The van der Waals surface area contributed by atoms with Crippen LogP contribution in [-0.4, -0.2) is 35.1 Å². The third-order valence-corrected chi connectivity index (χ3v) is 2.65. The molecule has 0 aromatic rings. The molecule has 0 bridgehead atoms. The Morgan fingerprint density at radius 2 is 1.83 bits per heavy atom. The van der Waals surface area contributed by atoms with Crippen molar-refractivity contribution in [3.05, 3.63) is 0 Å². The van der Waals surface area contributed by atoms with Crippen LogP contribution in [0.5, 0.6) is 0 Å². The van der Waals surface area contributed by atoms with Gasteiger partial charge in [0.1, 0.15) is 6.42 Å². The number of esters is 1. The smallest absolute Gasteiger partial charge is 0.315 e. The number of carbonyl (C=O) groups is 3. The molecule has 0 radical (unpaired) electrons. The van der Waals surface area contributed by atoms with Crippen LogP contribution in [0.15, 0.2) is 0 Å². The number of nitrogens with one attached hydrogen (secondary N) is 1. The Hall–Kier alpha value is -1.59. The van der Waals surface area contributed by atoms with Crippen molar-refractivity contribution in [2.45, 2.75) is 46.1 Å². The van der Waals surface area contributed by atoms with E-state index in [1.807, 2.05) is 0 Å². The quantitative estimate of drug-likeness (QED) is 0.524. The summed E-state index contributed by atoms with van der Waals surface area (Å²) in [5, 5.41) is 11.6. The van der Waals surface area contributed by atoms with Gasteiger partial charge in [0.15, 0.2) is 0 Å². The number of hydrogen-bond acceptors (Lipinski definition) is 4. The fourth-order valence-electron chi connectivity index (χ4n) is 1.83. The molecule has 0 rings (SSSR count). The molecule has 1 unspecified atom stereocenters. The van der Waals surface area contributed by atoms with E-state index in [2.05, 4.69) is 10.1 Å². The van der Waals surface area contributed by atoms with Crippen LogP contribution in [0.25, 0.3) is 0 Å². The maximum Gasteiger partial charge on any atom is 0.315 e. The van der Waals surface area contributed by atoms with Crippen LogP contribution >= 0.6 is 0 Å². The molecule has 0 fully saturated rings. The molecule has 0 heterocycles. The summed E-state index contributed by atoms with van der Waals surface area (Å²) in [6.45, 7) is 6.84. The minimum Gasteiger partial charge on any atom is -0.481 e. The molecule has 6 nitrogen and oxygen atoms in total. The van der Waals surface area contributed by atoms with E-state index in [9.17, 15) is 14.4 Å². The Bertz CT molecular complexity index is 324. The van der Waals surface area contributed by atoms with E-state index >= 15 is 0 Å². The predicted molar refractivity (Wildman–Crippen MR) is 64.9 cm³/mol. The van der Waals surface area contributed by atoms with Crippen LogP contribution in [0.3, 0.4) is 0 Å². The molecule has 1 atom stereocenters. The predicted octanol–water partition coefficient (Wildman–Crippen LogP) is 0.945. The van der Waals surface area contributed by atoms with E-state index in [1.165, 1.54) is 0 Å². The second-order valence-electron chi connectivity index (χ2n) is 4.55. The summed E-state index contributed by atoms with van der Waals surface area (Å²) < 4.78 is 4.65. The molecule has 0 saturated carbocycles. The van der Waals surface area contributed by atoms with Crippen LogP contribution in [0.4, 0.5) is 0 Å². The maximum atomic E-state index is 11.6. The lowest BCUT2D eigenvalue weighted by Gasteiger charge is -2.31. The number of ether oxygens (including phenoxy) is 1. The van der Waals surface area contributed by atoms with Gasteiger partial charge in [0, 0.05) is 5.54 Å². The number of carboxylic acid groups (broad SMARTS) is 1. The SMILES string of the molecule is CCOC(=O)CC(=O)NC(C)(C)C(CC)C(=O)O. The normalized spacial score (nSPS) is 12.7. The summed E-state index contributed by atoms with van der Waals surface area (Å²) >= 11 is 0. The van der Waals surface area contributed by atoms with Gasteiger partial charge in [-0.25, -0.2) is 0 Å². The van der Waals surface area contributed by atoms with Crippen molar-refractivity contribution in [3.8, 4) is 0 Å². The van der Waals surface area contributed by atoms with Crippen molar-refractivity contribution < 1.29 is 24.2 Å². The molecule has 18 heavy (non-hydrogen) atoms. The van der Waals surface area contributed by atoms with Gasteiger partial charge in [-0.15, -0.1) is 0 Å². The zero-order valence-corrected chi connectivity index (χ0v) is 11.3. The number of aliphatic carboxylic acids is 1. The largest absolute Gasteiger partial charge is 0.481 e. The molecule has 104 valence electrons. The molecule has 0 aliphatic rings. The first kappa shape index (κ1) is 16.4. The second-order valence-corrected chi connectivity index (χ2v) is 4.55. The second kappa shape index (κ2) is 6.98. The Morgan fingerprint density at radius 3 is 2.22 bits per heavy atom. The van der Waals surface area contributed by atoms with Gasteiger partial charge in [0.2, 0.25) is 5.91 Å². The lowest BCUT2D eigenvalue weighted by molar-refractivity contribution is -0.146. The van der Waals surface area contributed by atoms with Crippen LogP contribution < -0.4 is 5.32 Å². The molecule has 0 saturated heterocycles. The first-order valence-electron chi connectivity index (χ1n) is 5.94. The number of carboxylic acids is 1. The highest BCUT2D eigenvalue weighted by Crippen LogP contribution is 2.20. The van der Waals surface area contributed by atoms with Crippen molar-refractivity contribution in [2.75, 3.05) is 6.61 Å². The molecule has 0 spiro atoms. The number of amides is 1. The highest BCUT2D eigenvalue weighted by Gasteiger charge is 2.35. The van der Waals surface area contributed by atoms with Crippen molar-refractivity contribution >= 4 is 17.8 Å². The van der Waals surface area contributed by atoms with Crippen LogP contribution in [0.2, 0.25) is 0 Å². The third-order valence-electron chi connectivity index (χ3n) is 2.65. The number of rotatable bonds is 7. The van der Waals surface area contributed by atoms with Gasteiger partial charge >= 0.3 is 11.9 Å². The Morgan fingerprint density at radius 1 is 1.28 bits per heavy atom. The van der Waals surface area contributed by atoms with Gasteiger partial charge in [-0.2, -0.15) is 0 Å². The standard InChI is InChI=1S/C12H21NO5/c1-5-8(11(16)17)12(3,4)13-9(14)7-10(15)18-6-2/h8H,5-7H2,1-4H3,(H,13,14)(H,16,17). The zero-order chi connectivity index (χ0) is 14.3. The molecular weight excluding hydrogens is 238 g/mol. The van der Waals surface area contributed by atoms with Gasteiger partial charge in [-0.05, 0) is 27.2 Å². The van der Waals surface area contributed by atoms with E-state index in [4.69, 9.17) is 5.11 Å². The highest BCUT2D eigenvalue weighted by atomic mass is 16.5. The molecule has 0 aromatic carbocycles. The summed E-state index contributed by atoms with van der Waals surface area (Å²) in [5.41, 5.74) is -0.913. The first-order chi connectivity index (χ1) is 8.24. The van der Waals surface area contributed by atoms with E-state index in [-0.39, 0.29) is 6.61 Å². The van der Waals surface area contributed by atoms with E-state index in [0.29, 0.717) is 6.42 Å². The summed E-state index contributed by atoms with van der Waals surface area (Å²) in [4.78, 5) is 33.7. The lowest BCUT2D eigenvalue weighted by atomic mass is 9.85. The Balaban J connectivity index is 4.52.